The summed E-state index contributed by atoms with van der Waals surface area (Å²) < 4.78 is 0. The topological polar surface area (TPSA) is 299 Å². The van der Waals surface area contributed by atoms with E-state index in [0.29, 0.717) is 53.7 Å². The Morgan fingerprint density at radius 2 is 0.643 bits per heavy atom. The van der Waals surface area contributed by atoms with Gasteiger partial charge in [-0.05, 0) is 83.1 Å². The van der Waals surface area contributed by atoms with Gasteiger partial charge in [-0.15, -0.1) is 0 Å². The molecule has 3 aliphatic rings. The molecule has 19 nitrogen and oxygen atoms in total. The van der Waals surface area contributed by atoms with Gasteiger partial charge in [0.25, 0.3) is 0 Å². The number of aliphatic hydroxyl groups excluding tert-OH is 3. The van der Waals surface area contributed by atoms with Crippen molar-refractivity contribution < 1.29 is 85.7 Å². The van der Waals surface area contributed by atoms with Gasteiger partial charge < -0.3 is 50.1 Å². The number of hydrogen-bond acceptors (Lipinski definition) is 15. The summed E-state index contributed by atoms with van der Waals surface area (Å²) in [7, 11) is 0. The lowest BCUT2D eigenvalue weighted by molar-refractivity contribution is -1.16. The SMILES string of the molecule is CC1(C)CC(O)CC(C)(C)[NH+]1O.CC1(C)CC(O)CC(C)(C)[NH+]1O.CC1(C)CC(O)CC(C)(C)[NH+]1O.O=C([O-])CN(CCN(CC(=O)[O-])CC(=O)O)CC(=O)[O-]. The average molecular weight is 812 g/mol. The summed E-state index contributed by atoms with van der Waals surface area (Å²) in [4.78, 5) is 43.7. The number of quaternary nitrogens is 3. The third-order valence-corrected chi connectivity index (χ3v) is 10.5. The van der Waals surface area contributed by atoms with Crippen molar-refractivity contribution in [3.05, 3.63) is 0 Å². The number of aliphatic carboxylic acids is 4. The van der Waals surface area contributed by atoms with Crippen molar-refractivity contribution in [3.63, 3.8) is 0 Å². The molecule has 10 N–H and O–H groups in total. The Balaban J connectivity index is 0.000000740. The first-order valence-electron chi connectivity index (χ1n) is 19.0. The third-order valence-electron chi connectivity index (χ3n) is 10.5. The maximum Gasteiger partial charge on any atom is 0.317 e. The first kappa shape index (κ1) is 53.4. The van der Waals surface area contributed by atoms with Crippen molar-refractivity contribution in [2.45, 2.75) is 173 Å². The standard InChI is InChI=1S/C10H16N2O8.3C9H19NO2/c13-7(14)3-11(4-8(15)16)1-2-12(5-9(17)18)6-10(19)20;3*1-8(2)5-7(11)6-9(3,4)10(8)12/h1-6H2,(H,13,14)(H,15,16)(H,17,18)(H,19,20);3*7,11-12H,5-6H2,1-4H3. The Bertz CT molecular complexity index is 1070. The Morgan fingerprint density at radius 1 is 0.464 bits per heavy atom. The fourth-order valence-electron chi connectivity index (χ4n) is 8.53. The molecule has 0 amide bonds. The number of hydroxylamine groups is 6. The van der Waals surface area contributed by atoms with Crippen molar-refractivity contribution in [1.82, 2.24) is 9.80 Å². The lowest BCUT2D eigenvalue weighted by atomic mass is 9.80. The van der Waals surface area contributed by atoms with E-state index in [1.54, 1.807) is 0 Å². The van der Waals surface area contributed by atoms with Crippen LogP contribution in [-0.4, -0.2) is 161 Å². The molecule has 3 fully saturated rings. The zero-order valence-electron chi connectivity index (χ0n) is 35.6. The molecule has 0 atom stereocenters. The molecule has 3 saturated heterocycles. The molecule has 0 aliphatic carbocycles. The van der Waals surface area contributed by atoms with Crippen molar-refractivity contribution in [2.75, 3.05) is 39.3 Å². The summed E-state index contributed by atoms with van der Waals surface area (Å²) in [5.41, 5.74) is -1.41. The van der Waals surface area contributed by atoms with Crippen LogP contribution in [0, 0.1) is 0 Å². The number of nitrogens with one attached hydrogen (secondary N) is 3. The minimum absolute atomic E-state index is 0.166. The maximum absolute atomic E-state index is 10.5. The summed E-state index contributed by atoms with van der Waals surface area (Å²) >= 11 is 0. The molecule has 3 aliphatic heterocycles. The van der Waals surface area contributed by atoms with Crippen LogP contribution in [-0.2, 0) is 19.2 Å². The first-order valence-corrected chi connectivity index (χ1v) is 19.0. The number of aliphatic hydroxyl groups is 3. The Kier molecular flexibility index (Phi) is 20.0. The van der Waals surface area contributed by atoms with E-state index in [-0.39, 0.29) is 64.6 Å². The molecule has 0 aromatic rings. The number of carboxylic acids is 4. The molecular weight excluding hydrogens is 738 g/mol. The van der Waals surface area contributed by atoms with Crippen LogP contribution in [0.2, 0.25) is 0 Å². The largest absolute Gasteiger partial charge is 0.549 e. The highest BCUT2D eigenvalue weighted by Gasteiger charge is 2.51. The van der Waals surface area contributed by atoms with Crippen molar-refractivity contribution >= 4 is 23.9 Å². The molecule has 0 unspecified atom stereocenters. The number of nitrogens with zero attached hydrogens (tertiary/aromatic N) is 2. The second kappa shape index (κ2) is 20.9. The molecule has 3 rings (SSSR count). The predicted molar refractivity (Wildman–Crippen MR) is 194 cm³/mol. The van der Waals surface area contributed by atoms with E-state index >= 15 is 0 Å². The average Bonchev–Trinajstić information content (AvgIpc) is 2.94. The van der Waals surface area contributed by atoms with Gasteiger partial charge >= 0.3 is 5.97 Å². The molecule has 0 radical (unpaired) electrons. The predicted octanol–water partition coefficient (Wildman–Crippen LogP) is -6.16. The Labute approximate surface area is 331 Å². The monoisotopic (exact) mass is 812 g/mol. The van der Waals surface area contributed by atoms with Gasteiger partial charge in [-0.3, -0.25) is 14.6 Å². The molecule has 3 heterocycles. The smallest absolute Gasteiger partial charge is 0.317 e. The second-order valence-corrected chi connectivity index (χ2v) is 19.5. The summed E-state index contributed by atoms with van der Waals surface area (Å²) in [6.45, 7) is 20.7. The summed E-state index contributed by atoms with van der Waals surface area (Å²) in [6, 6.07) is 0. The van der Waals surface area contributed by atoms with E-state index in [2.05, 4.69) is 0 Å². The lowest BCUT2D eigenvalue weighted by Gasteiger charge is -2.45. The number of carboxylic acid groups (broad SMARTS) is 4. The molecule has 0 saturated carbocycles. The van der Waals surface area contributed by atoms with Crippen LogP contribution in [0.25, 0.3) is 0 Å². The third kappa shape index (κ3) is 18.4. The highest BCUT2D eigenvalue weighted by molar-refractivity contribution is 5.72. The van der Waals surface area contributed by atoms with Crippen LogP contribution >= 0.6 is 0 Å². The summed E-state index contributed by atoms with van der Waals surface area (Å²) in [5, 5.41) is 99.8. The Hall–Kier alpha value is -2.56. The van der Waals surface area contributed by atoms with Crippen LogP contribution in [0.4, 0.5) is 0 Å². The van der Waals surface area contributed by atoms with E-state index in [4.69, 9.17) is 5.11 Å². The van der Waals surface area contributed by atoms with Crippen molar-refractivity contribution in [1.29, 1.82) is 0 Å². The van der Waals surface area contributed by atoms with Gasteiger partial charge in [-0.1, -0.05) is 0 Å². The highest BCUT2D eigenvalue weighted by atomic mass is 16.5. The summed E-state index contributed by atoms with van der Waals surface area (Å²) in [6.07, 6.45) is 3.20. The van der Waals surface area contributed by atoms with Gasteiger partial charge in [-0.2, -0.15) is 15.2 Å². The number of hydrogen-bond donors (Lipinski definition) is 10. The number of carbonyl (C=O) groups excluding carboxylic acids is 3. The van der Waals surface area contributed by atoms with Crippen LogP contribution in [0.5, 0.6) is 0 Å². The van der Waals surface area contributed by atoms with Gasteiger partial charge in [0.05, 0.1) is 42.8 Å². The minimum Gasteiger partial charge on any atom is -0.549 e. The van der Waals surface area contributed by atoms with Crippen LogP contribution in [0.15, 0.2) is 0 Å². The minimum atomic E-state index is -1.52. The fourth-order valence-corrected chi connectivity index (χ4v) is 8.53. The van der Waals surface area contributed by atoms with Crippen molar-refractivity contribution in [3.8, 4) is 0 Å². The van der Waals surface area contributed by atoms with Gasteiger partial charge in [0.2, 0.25) is 0 Å². The molecular formula is C37H73N5O14. The van der Waals surface area contributed by atoms with Gasteiger partial charge in [0.1, 0.15) is 33.2 Å². The quantitative estimate of drug-likeness (QED) is 0.0929. The number of piperidine rings is 3. The normalized spacial score (nSPS) is 29.2. The number of rotatable bonds is 11. The summed E-state index contributed by atoms with van der Waals surface area (Å²) in [5.74, 6) is -5.82. The van der Waals surface area contributed by atoms with E-state index < -0.39 is 50.1 Å². The van der Waals surface area contributed by atoms with E-state index in [1.807, 2.05) is 83.1 Å². The van der Waals surface area contributed by atoms with E-state index in [0.717, 1.165) is 9.80 Å². The van der Waals surface area contributed by atoms with Crippen LogP contribution in [0.1, 0.15) is 122 Å². The van der Waals surface area contributed by atoms with Crippen molar-refractivity contribution in [2.24, 2.45) is 0 Å². The second-order valence-electron chi connectivity index (χ2n) is 19.5. The highest BCUT2D eigenvalue weighted by Crippen LogP contribution is 2.24. The zero-order valence-corrected chi connectivity index (χ0v) is 35.6. The van der Waals surface area contributed by atoms with Gasteiger partial charge in [0, 0.05) is 71.2 Å². The van der Waals surface area contributed by atoms with Crippen LogP contribution < -0.4 is 30.5 Å². The van der Waals surface area contributed by atoms with Gasteiger partial charge in [0.15, 0.2) is 0 Å². The van der Waals surface area contributed by atoms with E-state index in [1.165, 1.54) is 0 Å². The fraction of sp³-hybridized carbons (Fsp3) is 0.892. The first-order chi connectivity index (χ1) is 25.0. The zero-order chi connectivity index (χ0) is 44.4. The van der Waals surface area contributed by atoms with Crippen LogP contribution in [0.3, 0.4) is 0 Å². The molecule has 0 spiro atoms. The Morgan fingerprint density at radius 3 is 0.804 bits per heavy atom. The van der Waals surface area contributed by atoms with Gasteiger partial charge in [-0.25, -0.2) is 15.6 Å². The molecule has 330 valence electrons. The number of carbonyl (C=O) groups is 4. The van der Waals surface area contributed by atoms with E-state index in [9.17, 15) is 65.4 Å². The molecule has 0 aromatic carbocycles. The molecule has 0 bridgehead atoms. The maximum atomic E-state index is 10.5. The molecule has 19 heteroatoms. The lowest BCUT2D eigenvalue weighted by Crippen LogP contribution is -3.25. The molecule has 56 heavy (non-hydrogen) atoms. The molecule has 0 aromatic heterocycles.